The van der Waals surface area contributed by atoms with Crippen LogP contribution in [0.3, 0.4) is 0 Å². The van der Waals surface area contributed by atoms with E-state index in [1.54, 1.807) is 20.8 Å². The molecule has 0 aliphatic heterocycles. The Kier molecular flexibility index (Phi) is 11.7. The first-order valence-electron chi connectivity index (χ1n) is 11.2. The van der Waals surface area contributed by atoms with Crippen molar-refractivity contribution in [2.24, 2.45) is 5.73 Å². The molecule has 0 saturated carbocycles. The van der Waals surface area contributed by atoms with Crippen LogP contribution < -0.4 is 11.1 Å². The molecule has 7 nitrogen and oxygen atoms in total. The Morgan fingerprint density at radius 1 is 1.00 bits per heavy atom. The molecule has 0 bridgehead atoms. The lowest BCUT2D eigenvalue weighted by atomic mass is 10.0. The number of unbranched alkanes of at least 4 members (excludes halogenated alkanes) is 5. The van der Waals surface area contributed by atoms with Crippen molar-refractivity contribution in [1.82, 2.24) is 5.32 Å². The number of amides is 2. The molecule has 0 spiro atoms. The van der Waals surface area contributed by atoms with Gasteiger partial charge in [-0.3, -0.25) is 10.7 Å². The molecule has 0 heterocycles. The maximum absolute atomic E-state index is 11.9. The van der Waals surface area contributed by atoms with E-state index in [1.165, 1.54) is 44.1 Å². The van der Waals surface area contributed by atoms with Gasteiger partial charge in [-0.15, -0.1) is 0 Å². The summed E-state index contributed by atoms with van der Waals surface area (Å²) in [6, 6.07) is 8.35. The lowest BCUT2D eigenvalue weighted by molar-refractivity contribution is 0.0551. The first kappa shape index (κ1) is 26.5. The molecular weight excluding hydrogens is 394 g/mol. The minimum absolute atomic E-state index is 0.257. The van der Waals surface area contributed by atoms with Crippen LogP contribution in [0.1, 0.15) is 83.8 Å². The van der Waals surface area contributed by atoms with Crippen LogP contribution >= 0.6 is 0 Å². The molecule has 0 aliphatic rings. The van der Waals surface area contributed by atoms with Crippen molar-refractivity contribution < 1.29 is 19.1 Å². The van der Waals surface area contributed by atoms with Gasteiger partial charge in [0, 0.05) is 0 Å². The molecule has 0 aromatic heterocycles. The highest BCUT2D eigenvalue weighted by Gasteiger charge is 2.23. The van der Waals surface area contributed by atoms with Gasteiger partial charge < -0.3 is 15.2 Å². The van der Waals surface area contributed by atoms with Gasteiger partial charge in [-0.1, -0.05) is 63.3 Å². The topological polar surface area (TPSA) is 115 Å². The van der Waals surface area contributed by atoms with Gasteiger partial charge in [0.2, 0.25) is 0 Å². The molecule has 0 aliphatic carbocycles. The maximum atomic E-state index is 11.9. The van der Waals surface area contributed by atoms with Crippen molar-refractivity contribution in [2.45, 2.75) is 97.2 Å². The molecule has 4 N–H and O–H groups in total. The normalized spacial score (nSPS) is 12.1. The predicted molar refractivity (Wildman–Crippen MR) is 123 cm³/mol. The van der Waals surface area contributed by atoms with Gasteiger partial charge in [-0.05, 0) is 57.6 Å². The minimum Gasteiger partial charge on any atom is -0.444 e. The van der Waals surface area contributed by atoms with Crippen LogP contribution in [-0.2, 0) is 22.3 Å². The number of benzene rings is 1. The number of amidine groups is 1. The summed E-state index contributed by atoms with van der Waals surface area (Å²) < 4.78 is 10.2. The SMILES string of the molecule is CCCCCCCCc1ccc(CCC(OC(N)=O)C(=N)NC(=O)OC(C)(C)C)cc1. The number of ether oxygens (including phenoxy) is 2. The van der Waals surface area contributed by atoms with Gasteiger partial charge in [0.25, 0.3) is 0 Å². The highest BCUT2D eigenvalue weighted by molar-refractivity contribution is 5.97. The van der Waals surface area contributed by atoms with E-state index in [1.807, 2.05) is 0 Å². The number of hydrogen-bond acceptors (Lipinski definition) is 5. The zero-order valence-electron chi connectivity index (χ0n) is 19.5. The van der Waals surface area contributed by atoms with E-state index in [9.17, 15) is 9.59 Å². The molecule has 1 atom stereocenters. The van der Waals surface area contributed by atoms with E-state index in [0.29, 0.717) is 12.8 Å². The molecule has 2 amide bonds. The third-order valence-electron chi connectivity index (χ3n) is 4.75. The van der Waals surface area contributed by atoms with E-state index in [0.717, 1.165) is 12.0 Å². The predicted octanol–water partition coefficient (Wildman–Crippen LogP) is 5.49. The summed E-state index contributed by atoms with van der Waals surface area (Å²) in [5.41, 5.74) is 6.82. The molecule has 0 saturated heterocycles. The second kappa shape index (κ2) is 13.7. The molecule has 1 unspecified atom stereocenters. The summed E-state index contributed by atoms with van der Waals surface area (Å²) in [4.78, 5) is 23.1. The summed E-state index contributed by atoms with van der Waals surface area (Å²) >= 11 is 0. The number of nitrogens with two attached hydrogens (primary N) is 1. The van der Waals surface area contributed by atoms with E-state index in [-0.39, 0.29) is 5.84 Å². The molecule has 1 aromatic rings. The zero-order chi connectivity index (χ0) is 23.3. The summed E-state index contributed by atoms with van der Waals surface area (Å²) in [7, 11) is 0. The lowest BCUT2D eigenvalue weighted by Crippen LogP contribution is -2.43. The monoisotopic (exact) mass is 433 g/mol. The summed E-state index contributed by atoms with van der Waals surface area (Å²) in [5.74, 6) is -0.257. The first-order valence-corrected chi connectivity index (χ1v) is 11.2. The van der Waals surface area contributed by atoms with E-state index < -0.39 is 23.9 Å². The van der Waals surface area contributed by atoms with Crippen LogP contribution in [0, 0.1) is 5.41 Å². The molecule has 7 heteroatoms. The lowest BCUT2D eigenvalue weighted by Gasteiger charge is -2.22. The van der Waals surface area contributed by atoms with Crippen molar-refractivity contribution in [3.05, 3.63) is 35.4 Å². The van der Waals surface area contributed by atoms with Crippen LogP contribution in [0.4, 0.5) is 9.59 Å². The number of rotatable bonds is 12. The second-order valence-corrected chi connectivity index (χ2v) is 8.84. The van der Waals surface area contributed by atoms with Crippen LogP contribution in [0.15, 0.2) is 24.3 Å². The number of hydrogen-bond donors (Lipinski definition) is 3. The fraction of sp³-hybridized carbons (Fsp3) is 0.625. The quantitative estimate of drug-likeness (QED) is 0.230. The van der Waals surface area contributed by atoms with Gasteiger partial charge in [0.05, 0.1) is 0 Å². The number of carbonyl (C=O) groups is 2. The van der Waals surface area contributed by atoms with Crippen LogP contribution in [-0.4, -0.2) is 29.7 Å². The average Bonchev–Trinajstić information content (AvgIpc) is 2.67. The largest absolute Gasteiger partial charge is 0.444 e. The Bertz CT molecular complexity index is 696. The molecule has 174 valence electrons. The maximum Gasteiger partial charge on any atom is 0.413 e. The third-order valence-corrected chi connectivity index (χ3v) is 4.75. The van der Waals surface area contributed by atoms with Gasteiger partial charge in [0.15, 0.2) is 6.10 Å². The molecule has 31 heavy (non-hydrogen) atoms. The smallest absolute Gasteiger partial charge is 0.413 e. The van der Waals surface area contributed by atoms with Gasteiger partial charge in [0.1, 0.15) is 11.4 Å². The van der Waals surface area contributed by atoms with Crippen molar-refractivity contribution in [2.75, 3.05) is 0 Å². The Morgan fingerprint density at radius 2 is 1.55 bits per heavy atom. The average molecular weight is 434 g/mol. The van der Waals surface area contributed by atoms with Crippen LogP contribution in [0.5, 0.6) is 0 Å². The van der Waals surface area contributed by atoms with Gasteiger partial charge >= 0.3 is 12.2 Å². The number of alkyl carbamates (subject to hydrolysis) is 1. The standard InChI is InChI=1S/C24H39N3O4/c1-5-6-7-8-9-10-11-18-12-14-19(15-13-18)16-17-20(30-22(26)28)21(25)27-23(29)31-24(2,3)4/h12-15,20H,5-11,16-17H2,1-4H3,(H2,26,28)(H2,25,27,29). The number of carbonyl (C=O) groups excluding carboxylic acids is 2. The van der Waals surface area contributed by atoms with Crippen molar-refractivity contribution >= 4 is 18.0 Å². The summed E-state index contributed by atoms with van der Waals surface area (Å²) in [6.07, 6.45) is 6.94. The Balaban J connectivity index is 2.52. The third kappa shape index (κ3) is 12.7. The van der Waals surface area contributed by atoms with Crippen molar-refractivity contribution in [3.63, 3.8) is 0 Å². The Morgan fingerprint density at radius 3 is 2.10 bits per heavy atom. The zero-order valence-corrected chi connectivity index (χ0v) is 19.5. The van der Waals surface area contributed by atoms with Crippen LogP contribution in [0.2, 0.25) is 0 Å². The fourth-order valence-electron chi connectivity index (χ4n) is 3.18. The van der Waals surface area contributed by atoms with E-state index in [4.69, 9.17) is 20.6 Å². The summed E-state index contributed by atoms with van der Waals surface area (Å²) in [6.45, 7) is 7.40. The van der Waals surface area contributed by atoms with Crippen LogP contribution in [0.25, 0.3) is 0 Å². The van der Waals surface area contributed by atoms with E-state index in [2.05, 4.69) is 36.5 Å². The molecule has 0 fully saturated rings. The van der Waals surface area contributed by atoms with Gasteiger partial charge in [-0.25, -0.2) is 9.59 Å². The number of aryl methyl sites for hydroxylation is 2. The van der Waals surface area contributed by atoms with Gasteiger partial charge in [-0.2, -0.15) is 0 Å². The fourth-order valence-corrected chi connectivity index (χ4v) is 3.18. The molecule has 0 radical (unpaired) electrons. The van der Waals surface area contributed by atoms with Crippen molar-refractivity contribution in [3.8, 4) is 0 Å². The molecule has 1 rings (SSSR count). The Labute approximate surface area is 186 Å². The van der Waals surface area contributed by atoms with E-state index >= 15 is 0 Å². The van der Waals surface area contributed by atoms with Crippen molar-refractivity contribution in [1.29, 1.82) is 5.41 Å². The molecule has 1 aromatic carbocycles. The second-order valence-electron chi connectivity index (χ2n) is 8.84. The minimum atomic E-state index is -0.991. The number of primary amides is 1. The first-order chi connectivity index (χ1) is 14.6. The molecular formula is C24H39N3O4. The number of nitrogens with one attached hydrogen (secondary N) is 2. The highest BCUT2D eigenvalue weighted by atomic mass is 16.6. The summed E-state index contributed by atoms with van der Waals surface area (Å²) in [5, 5.41) is 10.4. The Hall–Kier alpha value is -2.57. The highest BCUT2D eigenvalue weighted by Crippen LogP contribution is 2.14.